The average molecular weight is 286 g/mol. The number of aromatic nitrogens is 4. The maximum absolute atomic E-state index is 11.0. The first-order valence-corrected chi connectivity index (χ1v) is 6.98. The molecule has 1 aliphatic rings. The van der Waals surface area contributed by atoms with Gasteiger partial charge in [0.05, 0.1) is 17.9 Å². The minimum atomic E-state index is -0.108. The molecule has 1 N–H and O–H groups in total. The normalized spacial score (nSPS) is 18.0. The fourth-order valence-electron chi connectivity index (χ4n) is 2.56. The van der Waals surface area contributed by atoms with Gasteiger partial charge in [0.15, 0.2) is 5.82 Å². The zero-order valence-corrected chi connectivity index (χ0v) is 12.2. The van der Waals surface area contributed by atoms with E-state index in [9.17, 15) is 4.79 Å². The average Bonchev–Trinajstić information content (AvgIpc) is 3.06. The second kappa shape index (κ2) is 5.51. The summed E-state index contributed by atoms with van der Waals surface area (Å²) in [7, 11) is 0. The minimum absolute atomic E-state index is 0.108. The molecule has 3 heterocycles. The summed E-state index contributed by atoms with van der Waals surface area (Å²) in [6.07, 6.45) is 6.45. The maximum Gasteiger partial charge on any atom is 0.222 e. The van der Waals surface area contributed by atoms with Crippen molar-refractivity contribution in [2.24, 2.45) is 0 Å². The first-order chi connectivity index (χ1) is 10.1. The van der Waals surface area contributed by atoms with Crippen molar-refractivity contribution in [2.45, 2.75) is 26.3 Å². The van der Waals surface area contributed by atoms with Gasteiger partial charge >= 0.3 is 0 Å². The zero-order valence-electron chi connectivity index (χ0n) is 12.2. The lowest BCUT2D eigenvalue weighted by Gasteiger charge is -2.17. The standard InChI is InChI=1S/C14H18N6O/c1-10-7-15-8-14(16-10)19-5-3-12(9-19)20-6-4-13(18-20)17-11(2)21/h4,6-8,12H,3,5,9H2,1-2H3,(H,17,18,21)/t12-/m0/s1. The Morgan fingerprint density at radius 2 is 2.29 bits per heavy atom. The van der Waals surface area contributed by atoms with E-state index >= 15 is 0 Å². The molecular formula is C14H18N6O. The third-order valence-corrected chi connectivity index (χ3v) is 3.52. The molecule has 21 heavy (non-hydrogen) atoms. The SMILES string of the molecule is CC(=O)Nc1ccn([C@H]2CCN(c3cncc(C)n3)C2)n1. The van der Waals surface area contributed by atoms with Gasteiger partial charge in [-0.1, -0.05) is 0 Å². The smallest absolute Gasteiger partial charge is 0.222 e. The molecule has 110 valence electrons. The molecular weight excluding hydrogens is 268 g/mol. The van der Waals surface area contributed by atoms with Crippen LogP contribution >= 0.6 is 0 Å². The monoisotopic (exact) mass is 286 g/mol. The third-order valence-electron chi connectivity index (χ3n) is 3.52. The maximum atomic E-state index is 11.0. The van der Waals surface area contributed by atoms with Crippen molar-refractivity contribution in [3.8, 4) is 0 Å². The van der Waals surface area contributed by atoms with E-state index in [1.807, 2.05) is 23.9 Å². The van der Waals surface area contributed by atoms with Crippen LogP contribution in [0.1, 0.15) is 25.1 Å². The zero-order chi connectivity index (χ0) is 14.8. The van der Waals surface area contributed by atoms with E-state index in [1.165, 1.54) is 6.92 Å². The van der Waals surface area contributed by atoms with Crippen molar-refractivity contribution in [1.29, 1.82) is 0 Å². The van der Waals surface area contributed by atoms with E-state index < -0.39 is 0 Å². The Labute approximate surface area is 123 Å². The van der Waals surface area contributed by atoms with Crippen LogP contribution in [0.2, 0.25) is 0 Å². The Kier molecular flexibility index (Phi) is 3.55. The molecule has 0 aliphatic carbocycles. The van der Waals surface area contributed by atoms with Crippen LogP contribution in [0.5, 0.6) is 0 Å². The van der Waals surface area contributed by atoms with E-state index in [0.29, 0.717) is 5.82 Å². The fraction of sp³-hybridized carbons (Fsp3) is 0.429. The summed E-state index contributed by atoms with van der Waals surface area (Å²) in [4.78, 5) is 21.9. The molecule has 7 heteroatoms. The number of amides is 1. The lowest BCUT2D eigenvalue weighted by Crippen LogP contribution is -2.22. The number of hydrogen-bond acceptors (Lipinski definition) is 5. The van der Waals surface area contributed by atoms with Crippen LogP contribution in [0.4, 0.5) is 11.6 Å². The van der Waals surface area contributed by atoms with Crippen LogP contribution in [0.3, 0.4) is 0 Å². The molecule has 0 unspecified atom stereocenters. The highest BCUT2D eigenvalue weighted by molar-refractivity contribution is 5.87. The Morgan fingerprint density at radius 1 is 1.43 bits per heavy atom. The van der Waals surface area contributed by atoms with E-state index in [1.54, 1.807) is 12.4 Å². The molecule has 2 aromatic heterocycles. The van der Waals surface area contributed by atoms with Crippen molar-refractivity contribution in [3.63, 3.8) is 0 Å². The molecule has 1 saturated heterocycles. The molecule has 0 spiro atoms. The van der Waals surface area contributed by atoms with Crippen LogP contribution < -0.4 is 10.2 Å². The number of carbonyl (C=O) groups excluding carboxylic acids is 1. The number of hydrogen-bond donors (Lipinski definition) is 1. The Bertz CT molecular complexity index is 652. The highest BCUT2D eigenvalue weighted by atomic mass is 16.1. The van der Waals surface area contributed by atoms with E-state index in [0.717, 1.165) is 31.0 Å². The number of rotatable bonds is 3. The van der Waals surface area contributed by atoms with E-state index in [4.69, 9.17) is 0 Å². The largest absolute Gasteiger partial charge is 0.353 e. The van der Waals surface area contributed by atoms with Crippen molar-refractivity contribution in [1.82, 2.24) is 19.7 Å². The first kappa shape index (κ1) is 13.5. The summed E-state index contributed by atoms with van der Waals surface area (Å²) in [5, 5.41) is 7.09. The molecule has 3 rings (SSSR count). The molecule has 0 bridgehead atoms. The third kappa shape index (κ3) is 3.01. The van der Waals surface area contributed by atoms with Gasteiger partial charge < -0.3 is 10.2 Å². The van der Waals surface area contributed by atoms with Crippen LogP contribution in [-0.4, -0.2) is 38.7 Å². The van der Waals surface area contributed by atoms with Crippen LogP contribution in [-0.2, 0) is 4.79 Å². The predicted molar refractivity (Wildman–Crippen MR) is 79.2 cm³/mol. The Balaban J connectivity index is 1.69. The number of aryl methyl sites for hydroxylation is 1. The Morgan fingerprint density at radius 3 is 3.05 bits per heavy atom. The van der Waals surface area contributed by atoms with Gasteiger partial charge in [0, 0.05) is 38.5 Å². The van der Waals surface area contributed by atoms with Gasteiger partial charge in [-0.25, -0.2) is 4.98 Å². The van der Waals surface area contributed by atoms with Gasteiger partial charge in [-0.2, -0.15) is 5.10 Å². The summed E-state index contributed by atoms with van der Waals surface area (Å²) < 4.78 is 1.91. The fourth-order valence-corrected chi connectivity index (χ4v) is 2.56. The summed E-state index contributed by atoms with van der Waals surface area (Å²) in [5.41, 5.74) is 0.919. The number of anilines is 2. The van der Waals surface area contributed by atoms with Gasteiger partial charge in [0.2, 0.25) is 5.91 Å². The molecule has 1 atom stereocenters. The van der Waals surface area contributed by atoms with Gasteiger partial charge in [0.1, 0.15) is 5.82 Å². The molecule has 2 aromatic rings. The molecule has 1 aliphatic heterocycles. The molecule has 1 amide bonds. The summed E-state index contributed by atoms with van der Waals surface area (Å²) in [6, 6.07) is 2.10. The molecule has 0 aromatic carbocycles. The summed E-state index contributed by atoms with van der Waals surface area (Å²) in [5.74, 6) is 1.39. The lowest BCUT2D eigenvalue weighted by atomic mass is 10.3. The summed E-state index contributed by atoms with van der Waals surface area (Å²) in [6.45, 7) is 5.20. The second-order valence-electron chi connectivity index (χ2n) is 5.27. The quantitative estimate of drug-likeness (QED) is 0.922. The topological polar surface area (TPSA) is 75.9 Å². The first-order valence-electron chi connectivity index (χ1n) is 6.98. The van der Waals surface area contributed by atoms with Gasteiger partial charge in [-0.15, -0.1) is 0 Å². The molecule has 1 fully saturated rings. The second-order valence-corrected chi connectivity index (χ2v) is 5.27. The predicted octanol–water partition coefficient (Wildman–Crippen LogP) is 1.39. The van der Waals surface area contributed by atoms with Gasteiger partial charge in [-0.05, 0) is 13.3 Å². The minimum Gasteiger partial charge on any atom is -0.353 e. The van der Waals surface area contributed by atoms with Crippen molar-refractivity contribution >= 4 is 17.5 Å². The highest BCUT2D eigenvalue weighted by Gasteiger charge is 2.25. The number of carbonyl (C=O) groups is 1. The molecule has 7 nitrogen and oxygen atoms in total. The molecule has 0 saturated carbocycles. The van der Waals surface area contributed by atoms with Crippen molar-refractivity contribution in [2.75, 3.05) is 23.3 Å². The van der Waals surface area contributed by atoms with Crippen molar-refractivity contribution < 1.29 is 4.79 Å². The van der Waals surface area contributed by atoms with E-state index in [-0.39, 0.29) is 11.9 Å². The number of nitrogens with zero attached hydrogens (tertiary/aromatic N) is 5. The Hall–Kier alpha value is -2.44. The van der Waals surface area contributed by atoms with Crippen molar-refractivity contribution in [3.05, 3.63) is 30.4 Å². The van der Waals surface area contributed by atoms with Crippen LogP contribution in [0.15, 0.2) is 24.7 Å². The van der Waals surface area contributed by atoms with Crippen LogP contribution in [0.25, 0.3) is 0 Å². The lowest BCUT2D eigenvalue weighted by molar-refractivity contribution is -0.114. The molecule has 0 radical (unpaired) electrons. The van der Waals surface area contributed by atoms with Crippen LogP contribution in [0, 0.1) is 6.92 Å². The van der Waals surface area contributed by atoms with E-state index in [2.05, 4.69) is 25.3 Å². The van der Waals surface area contributed by atoms with Gasteiger partial charge in [-0.3, -0.25) is 14.5 Å². The summed E-state index contributed by atoms with van der Waals surface area (Å²) >= 11 is 0. The highest BCUT2D eigenvalue weighted by Crippen LogP contribution is 2.25. The number of nitrogens with one attached hydrogen (secondary N) is 1. The van der Waals surface area contributed by atoms with Gasteiger partial charge in [0.25, 0.3) is 0 Å².